The van der Waals surface area contributed by atoms with Crippen molar-refractivity contribution in [3.05, 3.63) is 0 Å². The van der Waals surface area contributed by atoms with Gasteiger partial charge in [-0.1, -0.05) is 6.92 Å². The lowest BCUT2D eigenvalue weighted by molar-refractivity contribution is 0.745. The minimum Gasteiger partial charge on any atom is -0.312 e. The molecule has 7 heavy (non-hydrogen) atoms. The van der Waals surface area contributed by atoms with E-state index in [4.69, 9.17) is 5.41 Å². The van der Waals surface area contributed by atoms with Crippen molar-refractivity contribution in [3.8, 4) is 0 Å². The maximum absolute atomic E-state index is 6.59. The monoisotopic (exact) mass is 100 g/mol. The van der Waals surface area contributed by atoms with Crippen molar-refractivity contribution >= 4 is 6.21 Å². The van der Waals surface area contributed by atoms with E-state index in [9.17, 15) is 0 Å². The van der Waals surface area contributed by atoms with Gasteiger partial charge in [-0.15, -0.1) is 0 Å². The zero-order valence-electron chi connectivity index (χ0n) is 4.70. The second-order valence-electron chi connectivity index (χ2n) is 1.41. The first-order chi connectivity index (χ1) is 3.41. The molecule has 0 aromatic heterocycles. The van der Waals surface area contributed by atoms with Crippen molar-refractivity contribution < 1.29 is 0 Å². The summed E-state index contributed by atoms with van der Waals surface area (Å²) in [5, 5.41) is 9.64. The van der Waals surface area contributed by atoms with Gasteiger partial charge in [0.15, 0.2) is 0 Å². The van der Waals surface area contributed by atoms with Crippen molar-refractivity contribution in [2.45, 2.75) is 13.3 Å². The molecule has 0 aliphatic heterocycles. The minimum atomic E-state index is 0.716. The molecule has 0 aliphatic carbocycles. The summed E-state index contributed by atoms with van der Waals surface area (Å²) in [7, 11) is 0. The molecule has 0 unspecified atom stereocenters. The zero-order chi connectivity index (χ0) is 5.54. The fraction of sp³-hybridized carbons (Fsp3) is 0.800. The molecule has 0 aromatic carbocycles. The molecule has 0 spiro atoms. The molecule has 0 saturated carbocycles. The van der Waals surface area contributed by atoms with Gasteiger partial charge in [-0.05, 0) is 13.0 Å². The molecule has 2 heteroatoms. The SMILES string of the molecule is CCCNCC=N. The van der Waals surface area contributed by atoms with Crippen LogP contribution < -0.4 is 5.32 Å². The molecule has 0 saturated heterocycles. The molecule has 0 atom stereocenters. The third-order valence-electron chi connectivity index (χ3n) is 0.673. The third kappa shape index (κ3) is 5.63. The number of nitrogens with one attached hydrogen (secondary N) is 2. The fourth-order valence-electron chi connectivity index (χ4n) is 0.351. The summed E-state index contributed by atoms with van der Waals surface area (Å²) >= 11 is 0. The Labute approximate surface area is 44.4 Å². The lowest BCUT2D eigenvalue weighted by Crippen LogP contribution is -2.16. The van der Waals surface area contributed by atoms with Gasteiger partial charge in [0, 0.05) is 12.8 Å². The maximum Gasteiger partial charge on any atom is 0.0302 e. The van der Waals surface area contributed by atoms with Crippen LogP contribution in [0.2, 0.25) is 0 Å². The summed E-state index contributed by atoms with van der Waals surface area (Å²) < 4.78 is 0. The summed E-state index contributed by atoms with van der Waals surface area (Å²) in [5.74, 6) is 0. The highest BCUT2D eigenvalue weighted by molar-refractivity contribution is 5.55. The Morgan fingerprint density at radius 3 is 2.86 bits per heavy atom. The Morgan fingerprint density at radius 2 is 2.43 bits per heavy atom. The van der Waals surface area contributed by atoms with E-state index in [1.165, 1.54) is 6.21 Å². The predicted octanol–water partition coefficient (Wildman–Crippen LogP) is 0.636. The lowest BCUT2D eigenvalue weighted by Gasteiger charge is -1.92. The Hall–Kier alpha value is -0.370. The van der Waals surface area contributed by atoms with E-state index in [-0.39, 0.29) is 0 Å². The fourth-order valence-corrected chi connectivity index (χ4v) is 0.351. The highest BCUT2D eigenvalue weighted by Gasteiger charge is 1.74. The van der Waals surface area contributed by atoms with Gasteiger partial charge in [-0.25, -0.2) is 0 Å². The first-order valence-corrected chi connectivity index (χ1v) is 2.61. The molecule has 0 rings (SSSR count). The standard InChI is InChI=1S/C5H12N2/c1-2-4-7-5-3-6/h3,6-7H,2,4-5H2,1H3. The first-order valence-electron chi connectivity index (χ1n) is 2.61. The van der Waals surface area contributed by atoms with Crippen LogP contribution in [-0.2, 0) is 0 Å². The van der Waals surface area contributed by atoms with Crippen LogP contribution in [0.15, 0.2) is 0 Å². The third-order valence-corrected chi connectivity index (χ3v) is 0.673. The molecule has 0 aliphatic rings. The van der Waals surface area contributed by atoms with Gasteiger partial charge in [-0.2, -0.15) is 0 Å². The Balaban J connectivity index is 2.56. The van der Waals surface area contributed by atoms with Crippen LogP contribution in [0.25, 0.3) is 0 Å². The number of hydrogen-bond acceptors (Lipinski definition) is 2. The van der Waals surface area contributed by atoms with E-state index in [1.807, 2.05) is 0 Å². The van der Waals surface area contributed by atoms with Gasteiger partial charge in [0.05, 0.1) is 0 Å². The van der Waals surface area contributed by atoms with Gasteiger partial charge < -0.3 is 10.7 Å². The van der Waals surface area contributed by atoms with Crippen LogP contribution in [0.1, 0.15) is 13.3 Å². The maximum atomic E-state index is 6.59. The van der Waals surface area contributed by atoms with Crippen molar-refractivity contribution in [2.75, 3.05) is 13.1 Å². The van der Waals surface area contributed by atoms with Gasteiger partial charge in [0.1, 0.15) is 0 Å². The summed E-state index contributed by atoms with van der Waals surface area (Å²) in [6.45, 7) is 3.85. The van der Waals surface area contributed by atoms with Crippen molar-refractivity contribution in [3.63, 3.8) is 0 Å². The van der Waals surface area contributed by atoms with E-state index < -0.39 is 0 Å². The molecule has 42 valence electrons. The van der Waals surface area contributed by atoms with Crippen LogP contribution in [0.5, 0.6) is 0 Å². The molecule has 0 bridgehead atoms. The predicted molar refractivity (Wildman–Crippen MR) is 31.9 cm³/mol. The van der Waals surface area contributed by atoms with Crippen LogP contribution in [0.4, 0.5) is 0 Å². The van der Waals surface area contributed by atoms with Crippen LogP contribution in [0.3, 0.4) is 0 Å². The highest BCUT2D eigenvalue weighted by Crippen LogP contribution is 1.65. The smallest absolute Gasteiger partial charge is 0.0302 e. The first kappa shape index (κ1) is 6.63. The lowest BCUT2D eigenvalue weighted by atomic mass is 10.5. The number of hydrogen-bond donors (Lipinski definition) is 2. The highest BCUT2D eigenvalue weighted by atomic mass is 14.8. The molecular weight excluding hydrogens is 88.1 g/mol. The van der Waals surface area contributed by atoms with Crippen LogP contribution >= 0.6 is 0 Å². The molecule has 0 amide bonds. The van der Waals surface area contributed by atoms with Crippen LogP contribution in [-0.4, -0.2) is 19.3 Å². The van der Waals surface area contributed by atoms with E-state index in [0.29, 0.717) is 6.54 Å². The molecule has 2 N–H and O–H groups in total. The molecule has 0 aromatic rings. The van der Waals surface area contributed by atoms with E-state index in [0.717, 1.165) is 13.0 Å². The summed E-state index contributed by atoms with van der Waals surface area (Å²) in [4.78, 5) is 0. The Bertz CT molecular complexity index is 43.3. The molecule has 0 heterocycles. The molecule has 0 fully saturated rings. The summed E-state index contributed by atoms with van der Waals surface area (Å²) in [6, 6.07) is 0. The summed E-state index contributed by atoms with van der Waals surface area (Å²) in [6.07, 6.45) is 2.52. The molecule has 0 radical (unpaired) electrons. The van der Waals surface area contributed by atoms with Gasteiger partial charge in [-0.3, -0.25) is 0 Å². The minimum absolute atomic E-state index is 0.716. The average Bonchev–Trinajstić information content (AvgIpc) is 1.69. The topological polar surface area (TPSA) is 35.9 Å². The van der Waals surface area contributed by atoms with Crippen molar-refractivity contribution in [1.82, 2.24) is 5.32 Å². The van der Waals surface area contributed by atoms with Crippen molar-refractivity contribution in [2.24, 2.45) is 0 Å². The largest absolute Gasteiger partial charge is 0.312 e. The Morgan fingerprint density at radius 1 is 1.71 bits per heavy atom. The second kappa shape index (κ2) is 5.63. The average molecular weight is 100 g/mol. The summed E-state index contributed by atoms with van der Waals surface area (Å²) in [5.41, 5.74) is 0. The van der Waals surface area contributed by atoms with Crippen molar-refractivity contribution in [1.29, 1.82) is 5.41 Å². The van der Waals surface area contributed by atoms with Crippen LogP contribution in [0, 0.1) is 5.41 Å². The Kier molecular flexibility index (Phi) is 5.33. The van der Waals surface area contributed by atoms with Gasteiger partial charge in [0.25, 0.3) is 0 Å². The quantitative estimate of drug-likeness (QED) is 0.394. The van der Waals surface area contributed by atoms with E-state index in [1.54, 1.807) is 0 Å². The zero-order valence-corrected chi connectivity index (χ0v) is 4.70. The van der Waals surface area contributed by atoms with E-state index >= 15 is 0 Å². The second-order valence-corrected chi connectivity index (χ2v) is 1.41. The molecule has 2 nitrogen and oxygen atoms in total. The molecular formula is C5H12N2. The van der Waals surface area contributed by atoms with Gasteiger partial charge in [0.2, 0.25) is 0 Å². The normalized spacial score (nSPS) is 8.71. The van der Waals surface area contributed by atoms with E-state index in [2.05, 4.69) is 12.2 Å². The van der Waals surface area contributed by atoms with Gasteiger partial charge >= 0.3 is 0 Å². The number of rotatable bonds is 4.